The van der Waals surface area contributed by atoms with Gasteiger partial charge in [-0.15, -0.1) is 0 Å². The number of nitrogens with zero attached hydrogens (tertiary/aromatic N) is 1. The second-order valence-corrected chi connectivity index (χ2v) is 4.63. The van der Waals surface area contributed by atoms with Crippen molar-refractivity contribution in [3.63, 3.8) is 0 Å². The van der Waals surface area contributed by atoms with Gasteiger partial charge in [0.2, 0.25) is 0 Å². The summed E-state index contributed by atoms with van der Waals surface area (Å²) in [6.07, 6.45) is 0. The third kappa shape index (κ3) is 3.16. The van der Waals surface area contributed by atoms with Gasteiger partial charge in [0.05, 0.1) is 22.3 Å². The molecule has 0 heterocycles. The van der Waals surface area contributed by atoms with Crippen LogP contribution in [0.15, 0.2) is 42.5 Å². The Morgan fingerprint density at radius 2 is 1.94 bits per heavy atom. The van der Waals surface area contributed by atoms with Crippen molar-refractivity contribution in [1.29, 1.82) is 5.26 Å². The van der Waals surface area contributed by atoms with Crippen molar-refractivity contribution in [2.24, 2.45) is 0 Å². The summed E-state index contributed by atoms with van der Waals surface area (Å²) in [5.41, 5.74) is 2.45. The molecule has 90 valence electrons. The standard InChI is InChI=1S/C14H10Cl2N2/c15-12-4-5-13(16)14(7-12)18-9-11-3-1-2-10(6-11)8-17/h1-7,18H,9H2. The maximum Gasteiger partial charge on any atom is 0.0991 e. The number of anilines is 1. The summed E-state index contributed by atoms with van der Waals surface area (Å²) in [6, 6.07) is 14.8. The van der Waals surface area contributed by atoms with E-state index in [-0.39, 0.29) is 0 Å². The quantitative estimate of drug-likeness (QED) is 0.898. The molecule has 0 unspecified atom stereocenters. The average molecular weight is 277 g/mol. The molecule has 0 aliphatic rings. The summed E-state index contributed by atoms with van der Waals surface area (Å²) in [7, 11) is 0. The number of nitriles is 1. The van der Waals surface area contributed by atoms with Crippen molar-refractivity contribution in [2.75, 3.05) is 5.32 Å². The van der Waals surface area contributed by atoms with Crippen LogP contribution >= 0.6 is 23.2 Å². The van der Waals surface area contributed by atoms with E-state index in [0.29, 0.717) is 22.2 Å². The number of rotatable bonds is 3. The van der Waals surface area contributed by atoms with Crippen molar-refractivity contribution in [3.05, 3.63) is 63.6 Å². The third-order valence-electron chi connectivity index (χ3n) is 2.47. The third-order valence-corrected chi connectivity index (χ3v) is 3.03. The lowest BCUT2D eigenvalue weighted by Gasteiger charge is -2.09. The summed E-state index contributed by atoms with van der Waals surface area (Å²) >= 11 is 12.0. The van der Waals surface area contributed by atoms with Crippen molar-refractivity contribution in [2.45, 2.75) is 6.54 Å². The number of hydrogen-bond donors (Lipinski definition) is 1. The van der Waals surface area contributed by atoms with Crippen molar-refractivity contribution in [3.8, 4) is 6.07 Å². The molecule has 0 fully saturated rings. The second-order valence-electron chi connectivity index (χ2n) is 3.79. The van der Waals surface area contributed by atoms with Crippen LogP contribution in [0.25, 0.3) is 0 Å². The molecule has 0 saturated heterocycles. The lowest BCUT2D eigenvalue weighted by atomic mass is 10.1. The first kappa shape index (κ1) is 12.8. The molecule has 0 bridgehead atoms. The van der Waals surface area contributed by atoms with Gasteiger partial charge in [-0.25, -0.2) is 0 Å². The van der Waals surface area contributed by atoms with Gasteiger partial charge in [0.25, 0.3) is 0 Å². The van der Waals surface area contributed by atoms with Crippen LogP contribution in [0.4, 0.5) is 5.69 Å². The van der Waals surface area contributed by atoms with Gasteiger partial charge < -0.3 is 5.32 Å². The molecule has 4 heteroatoms. The zero-order valence-electron chi connectivity index (χ0n) is 9.45. The Bertz CT molecular complexity index is 603. The molecule has 18 heavy (non-hydrogen) atoms. The molecule has 0 atom stereocenters. The van der Waals surface area contributed by atoms with Crippen LogP contribution in [0.2, 0.25) is 10.0 Å². The molecule has 1 N–H and O–H groups in total. The van der Waals surface area contributed by atoms with E-state index < -0.39 is 0 Å². The summed E-state index contributed by atoms with van der Waals surface area (Å²) < 4.78 is 0. The Balaban J connectivity index is 2.11. The molecule has 2 aromatic rings. The van der Waals surface area contributed by atoms with Gasteiger partial charge in [0.1, 0.15) is 0 Å². The van der Waals surface area contributed by atoms with Crippen molar-refractivity contribution >= 4 is 28.9 Å². The van der Waals surface area contributed by atoms with Gasteiger partial charge in [0, 0.05) is 11.6 Å². The van der Waals surface area contributed by atoms with Crippen LogP contribution in [0.3, 0.4) is 0 Å². The SMILES string of the molecule is N#Cc1cccc(CNc2cc(Cl)ccc2Cl)c1. The number of hydrogen-bond acceptors (Lipinski definition) is 2. The molecule has 0 aliphatic heterocycles. The number of benzene rings is 2. The summed E-state index contributed by atoms with van der Waals surface area (Å²) in [6.45, 7) is 0.593. The predicted octanol–water partition coefficient (Wildman–Crippen LogP) is 4.48. The minimum atomic E-state index is 0.593. The van der Waals surface area contributed by atoms with Crippen molar-refractivity contribution < 1.29 is 0 Å². The van der Waals surface area contributed by atoms with E-state index in [9.17, 15) is 0 Å². The van der Waals surface area contributed by atoms with E-state index >= 15 is 0 Å². The van der Waals surface area contributed by atoms with E-state index in [4.69, 9.17) is 28.5 Å². The first-order valence-electron chi connectivity index (χ1n) is 5.37. The largest absolute Gasteiger partial charge is 0.380 e. The van der Waals surface area contributed by atoms with Gasteiger partial charge in [0.15, 0.2) is 0 Å². The second kappa shape index (κ2) is 5.77. The van der Waals surface area contributed by atoms with E-state index in [1.165, 1.54) is 0 Å². The van der Waals surface area contributed by atoms with Crippen molar-refractivity contribution in [1.82, 2.24) is 0 Å². The maximum atomic E-state index is 8.82. The van der Waals surface area contributed by atoms with E-state index in [1.807, 2.05) is 18.2 Å². The fraction of sp³-hybridized carbons (Fsp3) is 0.0714. The van der Waals surface area contributed by atoms with Crippen LogP contribution in [-0.4, -0.2) is 0 Å². The smallest absolute Gasteiger partial charge is 0.0991 e. The van der Waals surface area contributed by atoms with E-state index in [1.54, 1.807) is 24.3 Å². The van der Waals surface area contributed by atoms with Gasteiger partial charge in [-0.3, -0.25) is 0 Å². The first-order chi connectivity index (χ1) is 8.69. The Morgan fingerprint density at radius 1 is 1.11 bits per heavy atom. The molecule has 0 aromatic heterocycles. The molecule has 2 aromatic carbocycles. The lowest BCUT2D eigenvalue weighted by molar-refractivity contribution is 1.15. The first-order valence-corrected chi connectivity index (χ1v) is 6.12. The zero-order chi connectivity index (χ0) is 13.0. The molecule has 0 amide bonds. The Kier molecular flexibility index (Phi) is 4.09. The van der Waals surface area contributed by atoms with Crippen LogP contribution < -0.4 is 5.32 Å². The number of halogens is 2. The molecule has 0 saturated carbocycles. The molecular formula is C14H10Cl2N2. The predicted molar refractivity (Wildman–Crippen MR) is 74.9 cm³/mol. The minimum Gasteiger partial charge on any atom is -0.380 e. The zero-order valence-corrected chi connectivity index (χ0v) is 11.0. The average Bonchev–Trinajstić information content (AvgIpc) is 2.40. The normalized spacial score (nSPS) is 9.83. The monoisotopic (exact) mass is 276 g/mol. The number of nitrogens with one attached hydrogen (secondary N) is 1. The highest BCUT2D eigenvalue weighted by molar-refractivity contribution is 6.35. The molecule has 2 rings (SSSR count). The van der Waals surface area contributed by atoms with Crippen LogP contribution in [0.1, 0.15) is 11.1 Å². The molecule has 2 nitrogen and oxygen atoms in total. The van der Waals surface area contributed by atoms with E-state index in [0.717, 1.165) is 11.3 Å². The Morgan fingerprint density at radius 3 is 2.72 bits per heavy atom. The minimum absolute atomic E-state index is 0.593. The van der Waals surface area contributed by atoms with Crippen LogP contribution in [0, 0.1) is 11.3 Å². The molecular weight excluding hydrogens is 267 g/mol. The molecule has 0 aliphatic carbocycles. The van der Waals surface area contributed by atoms with Gasteiger partial charge in [-0.1, -0.05) is 35.3 Å². The summed E-state index contributed by atoms with van der Waals surface area (Å²) in [5, 5.41) is 13.3. The maximum absolute atomic E-state index is 8.82. The van der Waals surface area contributed by atoms with Crippen LogP contribution in [-0.2, 0) is 6.54 Å². The lowest BCUT2D eigenvalue weighted by Crippen LogP contribution is -2.00. The topological polar surface area (TPSA) is 35.8 Å². The Hall–Kier alpha value is -1.69. The molecule has 0 spiro atoms. The summed E-state index contributed by atoms with van der Waals surface area (Å²) in [4.78, 5) is 0. The van der Waals surface area contributed by atoms with Crippen LogP contribution in [0.5, 0.6) is 0 Å². The fourth-order valence-corrected chi connectivity index (χ4v) is 1.94. The highest BCUT2D eigenvalue weighted by Crippen LogP contribution is 2.25. The molecule has 0 radical (unpaired) electrons. The van der Waals surface area contributed by atoms with Gasteiger partial charge >= 0.3 is 0 Å². The highest BCUT2D eigenvalue weighted by Gasteiger charge is 2.01. The Labute approximate surface area is 116 Å². The fourth-order valence-electron chi connectivity index (χ4n) is 1.58. The summed E-state index contributed by atoms with van der Waals surface area (Å²) in [5.74, 6) is 0. The van der Waals surface area contributed by atoms with Gasteiger partial charge in [-0.2, -0.15) is 5.26 Å². The highest BCUT2D eigenvalue weighted by atomic mass is 35.5. The van der Waals surface area contributed by atoms with Gasteiger partial charge in [-0.05, 0) is 35.9 Å². The van der Waals surface area contributed by atoms with E-state index in [2.05, 4.69) is 11.4 Å².